The Balaban J connectivity index is 1.80. The van der Waals surface area contributed by atoms with Crippen LogP contribution in [0.15, 0.2) is 48.0 Å². The monoisotopic (exact) mass is 433 g/mol. The van der Waals surface area contributed by atoms with Gasteiger partial charge < -0.3 is 4.90 Å². The number of urea groups is 1. The van der Waals surface area contributed by atoms with E-state index in [2.05, 4.69) is 30.1 Å². The van der Waals surface area contributed by atoms with Gasteiger partial charge in [0.15, 0.2) is 0 Å². The van der Waals surface area contributed by atoms with Crippen molar-refractivity contribution in [1.29, 1.82) is 0 Å². The summed E-state index contributed by atoms with van der Waals surface area (Å²) in [7, 11) is 2.03. The lowest BCUT2D eigenvalue weighted by Gasteiger charge is -2.41. The summed E-state index contributed by atoms with van der Waals surface area (Å²) in [5.74, 6) is -2.17. The first-order chi connectivity index (χ1) is 15.0. The number of hydrogen-bond acceptors (Lipinski definition) is 4. The highest BCUT2D eigenvalue weighted by Crippen LogP contribution is 2.39. The first kappa shape index (κ1) is 21.5. The van der Waals surface area contributed by atoms with E-state index < -0.39 is 23.7 Å². The zero-order valence-electron chi connectivity index (χ0n) is 18.6. The third-order valence-electron chi connectivity index (χ3n) is 6.07. The predicted molar refractivity (Wildman–Crippen MR) is 123 cm³/mol. The number of carbonyl (C=O) groups is 3. The lowest BCUT2D eigenvalue weighted by molar-refractivity contribution is -0.122. The largest absolute Gasteiger partial charge is 0.365 e. The second-order valence-electron chi connectivity index (χ2n) is 8.70. The van der Waals surface area contributed by atoms with Crippen LogP contribution in [0.5, 0.6) is 0 Å². The van der Waals surface area contributed by atoms with E-state index in [4.69, 9.17) is 0 Å². The van der Waals surface area contributed by atoms with Crippen molar-refractivity contribution in [2.75, 3.05) is 16.8 Å². The van der Waals surface area contributed by atoms with Gasteiger partial charge in [-0.1, -0.05) is 12.1 Å². The van der Waals surface area contributed by atoms with Crippen LogP contribution >= 0.6 is 0 Å². The number of fused-ring (bicyclic) bond motifs is 1. The number of rotatable bonds is 2. The standard InChI is InChI=1S/C25H24FN3O3/c1-14-9-21-19(15(2)13-25(3,4)28(21)5)10-16(14)11-20-22(30)27-24(32)29(23(20)31)18-8-6-7-17(26)12-18/h6-13H,1-5H3,(H,27,30,32)/b20-11-. The maximum Gasteiger partial charge on any atom is 0.335 e. The molecule has 0 unspecified atom stereocenters. The van der Waals surface area contributed by atoms with Gasteiger partial charge in [0.1, 0.15) is 11.4 Å². The summed E-state index contributed by atoms with van der Waals surface area (Å²) in [5, 5.41) is 2.17. The highest BCUT2D eigenvalue weighted by molar-refractivity contribution is 6.39. The molecular weight excluding hydrogens is 409 g/mol. The van der Waals surface area contributed by atoms with Crippen LogP contribution < -0.4 is 15.1 Å². The average Bonchev–Trinajstić information content (AvgIpc) is 2.69. The van der Waals surface area contributed by atoms with Crippen molar-refractivity contribution in [2.45, 2.75) is 33.2 Å². The minimum atomic E-state index is -0.910. The van der Waals surface area contributed by atoms with Gasteiger partial charge in [0.2, 0.25) is 0 Å². The lowest BCUT2D eigenvalue weighted by Crippen LogP contribution is -2.54. The summed E-state index contributed by atoms with van der Waals surface area (Å²) in [6.07, 6.45) is 3.66. The minimum absolute atomic E-state index is 0.0516. The molecule has 2 aromatic carbocycles. The Hall–Kier alpha value is -3.74. The van der Waals surface area contributed by atoms with E-state index in [-0.39, 0.29) is 16.8 Å². The van der Waals surface area contributed by atoms with Crippen molar-refractivity contribution >= 4 is 40.9 Å². The van der Waals surface area contributed by atoms with Crippen molar-refractivity contribution < 1.29 is 18.8 Å². The zero-order chi connectivity index (χ0) is 23.4. The molecule has 1 saturated heterocycles. The van der Waals surface area contributed by atoms with Crippen LogP contribution in [0.1, 0.15) is 37.5 Å². The smallest absolute Gasteiger partial charge is 0.335 e. The Bertz CT molecular complexity index is 1240. The molecule has 4 amide bonds. The lowest BCUT2D eigenvalue weighted by atomic mass is 9.87. The fourth-order valence-electron chi connectivity index (χ4n) is 4.14. The van der Waals surface area contributed by atoms with Crippen molar-refractivity contribution in [1.82, 2.24) is 5.32 Å². The summed E-state index contributed by atoms with van der Waals surface area (Å²) >= 11 is 0. The van der Waals surface area contributed by atoms with Gasteiger partial charge in [-0.05, 0) is 80.8 Å². The van der Waals surface area contributed by atoms with E-state index in [0.717, 1.165) is 33.4 Å². The summed E-state index contributed by atoms with van der Waals surface area (Å²) < 4.78 is 13.7. The van der Waals surface area contributed by atoms with Gasteiger partial charge in [-0.2, -0.15) is 0 Å². The number of amides is 4. The quantitative estimate of drug-likeness (QED) is 0.562. The molecular formula is C25H24FN3O3. The van der Waals surface area contributed by atoms with Crippen molar-refractivity contribution in [2.24, 2.45) is 0 Å². The molecule has 1 N–H and O–H groups in total. The summed E-state index contributed by atoms with van der Waals surface area (Å²) in [5.41, 5.74) is 4.45. The molecule has 0 saturated carbocycles. The van der Waals surface area contributed by atoms with Gasteiger partial charge in [0.25, 0.3) is 11.8 Å². The molecule has 2 aliphatic heterocycles. The molecule has 0 spiro atoms. The molecule has 6 nitrogen and oxygen atoms in total. The number of likely N-dealkylation sites (N-methyl/N-ethyl adjacent to an activating group) is 1. The number of nitrogens with one attached hydrogen (secondary N) is 1. The van der Waals surface area contributed by atoms with E-state index in [0.29, 0.717) is 5.56 Å². The summed E-state index contributed by atoms with van der Waals surface area (Å²) in [4.78, 5) is 40.9. The first-order valence-corrected chi connectivity index (χ1v) is 10.2. The van der Waals surface area contributed by atoms with Crippen LogP contribution in [0.3, 0.4) is 0 Å². The number of benzene rings is 2. The fourth-order valence-corrected chi connectivity index (χ4v) is 4.14. The molecule has 0 atom stereocenters. The van der Waals surface area contributed by atoms with Crippen LogP contribution in [0.25, 0.3) is 11.6 Å². The highest BCUT2D eigenvalue weighted by Gasteiger charge is 2.37. The van der Waals surface area contributed by atoms with Crippen molar-refractivity contribution in [3.8, 4) is 0 Å². The Morgan fingerprint density at radius 2 is 1.78 bits per heavy atom. The summed E-state index contributed by atoms with van der Waals surface area (Å²) in [6.45, 7) is 8.20. The highest BCUT2D eigenvalue weighted by atomic mass is 19.1. The Kier molecular flexibility index (Phi) is 5.00. The fraction of sp³-hybridized carbons (Fsp3) is 0.240. The molecule has 0 bridgehead atoms. The van der Waals surface area contributed by atoms with Gasteiger partial charge in [-0.15, -0.1) is 0 Å². The van der Waals surface area contributed by atoms with Crippen LogP contribution in [-0.4, -0.2) is 30.4 Å². The minimum Gasteiger partial charge on any atom is -0.365 e. The number of carbonyl (C=O) groups excluding carboxylic acids is 3. The third-order valence-corrected chi connectivity index (χ3v) is 6.07. The topological polar surface area (TPSA) is 69.7 Å². The molecule has 2 aromatic rings. The van der Waals surface area contributed by atoms with Crippen LogP contribution in [0.4, 0.5) is 20.6 Å². The molecule has 1 fully saturated rings. The number of hydrogen-bond donors (Lipinski definition) is 1. The van der Waals surface area contributed by atoms with Gasteiger partial charge in [0, 0.05) is 18.3 Å². The van der Waals surface area contributed by atoms with E-state index in [9.17, 15) is 18.8 Å². The summed E-state index contributed by atoms with van der Waals surface area (Å²) in [6, 6.07) is 8.17. The van der Waals surface area contributed by atoms with E-state index in [1.807, 2.05) is 33.0 Å². The maximum absolute atomic E-state index is 13.7. The SMILES string of the molecule is CC1=CC(C)(C)N(C)c2cc(C)c(/C=C3/C(=O)NC(=O)N(c4cccc(F)c4)C3=O)cc21. The number of barbiturate groups is 1. The van der Waals surface area contributed by atoms with Gasteiger partial charge in [-0.3, -0.25) is 14.9 Å². The van der Waals surface area contributed by atoms with Crippen LogP contribution in [-0.2, 0) is 9.59 Å². The van der Waals surface area contributed by atoms with Crippen LogP contribution in [0, 0.1) is 12.7 Å². The first-order valence-electron chi connectivity index (χ1n) is 10.2. The average molecular weight is 433 g/mol. The molecule has 7 heteroatoms. The van der Waals surface area contributed by atoms with Crippen LogP contribution in [0.2, 0.25) is 0 Å². The molecule has 4 rings (SSSR count). The Labute approximate surface area is 186 Å². The molecule has 2 heterocycles. The number of halogens is 1. The number of allylic oxidation sites excluding steroid dienone is 1. The number of nitrogens with zero attached hydrogens (tertiary/aromatic N) is 2. The molecule has 2 aliphatic rings. The maximum atomic E-state index is 13.7. The molecule has 0 aromatic heterocycles. The van der Waals surface area contributed by atoms with Gasteiger partial charge >= 0.3 is 6.03 Å². The number of anilines is 2. The Morgan fingerprint density at radius 3 is 2.47 bits per heavy atom. The second-order valence-corrected chi connectivity index (χ2v) is 8.70. The predicted octanol–water partition coefficient (Wildman–Crippen LogP) is 4.43. The zero-order valence-corrected chi connectivity index (χ0v) is 18.6. The Morgan fingerprint density at radius 1 is 1.06 bits per heavy atom. The second kappa shape index (κ2) is 7.44. The third kappa shape index (κ3) is 3.49. The molecule has 0 aliphatic carbocycles. The van der Waals surface area contributed by atoms with E-state index >= 15 is 0 Å². The van der Waals surface area contributed by atoms with E-state index in [1.54, 1.807) is 0 Å². The van der Waals surface area contributed by atoms with Crippen molar-refractivity contribution in [3.05, 3.63) is 70.6 Å². The van der Waals surface area contributed by atoms with Crippen molar-refractivity contribution in [3.63, 3.8) is 0 Å². The molecule has 32 heavy (non-hydrogen) atoms. The number of imide groups is 2. The normalized spacial score (nSPS) is 19.1. The molecule has 0 radical (unpaired) electrons. The van der Waals surface area contributed by atoms with Gasteiger partial charge in [0.05, 0.1) is 11.2 Å². The van der Waals surface area contributed by atoms with E-state index in [1.165, 1.54) is 24.3 Å². The van der Waals surface area contributed by atoms with Gasteiger partial charge in [-0.25, -0.2) is 14.1 Å². The number of aryl methyl sites for hydroxylation is 1. The molecule has 164 valence electrons.